The predicted octanol–water partition coefficient (Wildman–Crippen LogP) is 2.47. The van der Waals surface area contributed by atoms with E-state index in [9.17, 15) is 21.6 Å². The number of ketones is 1. The maximum atomic E-state index is 12.5. The molecule has 0 saturated carbocycles. The van der Waals surface area contributed by atoms with E-state index in [0.29, 0.717) is 18.7 Å². The fraction of sp³-hybridized carbons (Fsp3) is 0.278. The standard InChI is InChI=1S/C18H20N2O5S2/c1-14(21)15-5-4-6-16(13-15)19-26(22,23)17-7-9-18(10-8-17)27(24,25)20-11-2-3-12-20/h4-10,13,19H,2-3,11-12H2,1H3. The molecule has 0 unspecified atom stereocenters. The second-order valence-electron chi connectivity index (χ2n) is 6.33. The van der Waals surface area contributed by atoms with Gasteiger partial charge in [-0.1, -0.05) is 12.1 Å². The Balaban J connectivity index is 1.83. The Morgan fingerprint density at radius 3 is 2.11 bits per heavy atom. The Hall–Kier alpha value is -2.23. The second kappa shape index (κ2) is 7.41. The fourth-order valence-corrected chi connectivity index (χ4v) is 5.45. The number of nitrogens with one attached hydrogen (secondary N) is 1. The van der Waals surface area contributed by atoms with Gasteiger partial charge in [0.2, 0.25) is 10.0 Å². The van der Waals surface area contributed by atoms with Crippen LogP contribution >= 0.6 is 0 Å². The molecule has 0 spiro atoms. The van der Waals surface area contributed by atoms with Gasteiger partial charge in [0.1, 0.15) is 0 Å². The van der Waals surface area contributed by atoms with Crippen LogP contribution in [0.25, 0.3) is 0 Å². The molecule has 144 valence electrons. The van der Waals surface area contributed by atoms with E-state index in [1.165, 1.54) is 47.6 Å². The molecule has 27 heavy (non-hydrogen) atoms. The third kappa shape index (κ3) is 4.20. The fourth-order valence-electron chi connectivity index (χ4n) is 2.88. The number of carbonyl (C=O) groups excluding carboxylic acids is 1. The molecule has 0 aliphatic carbocycles. The molecule has 0 aromatic heterocycles. The maximum absolute atomic E-state index is 12.5. The smallest absolute Gasteiger partial charge is 0.261 e. The Morgan fingerprint density at radius 1 is 0.926 bits per heavy atom. The van der Waals surface area contributed by atoms with Gasteiger partial charge in [-0.15, -0.1) is 0 Å². The zero-order valence-electron chi connectivity index (χ0n) is 14.8. The number of sulfonamides is 2. The summed E-state index contributed by atoms with van der Waals surface area (Å²) in [6.45, 7) is 2.36. The molecule has 0 bridgehead atoms. The summed E-state index contributed by atoms with van der Waals surface area (Å²) in [6, 6.07) is 11.3. The van der Waals surface area contributed by atoms with Crippen molar-refractivity contribution in [3.05, 3.63) is 54.1 Å². The molecule has 1 N–H and O–H groups in total. The van der Waals surface area contributed by atoms with Crippen molar-refractivity contribution in [2.45, 2.75) is 29.6 Å². The van der Waals surface area contributed by atoms with Crippen molar-refractivity contribution in [3.63, 3.8) is 0 Å². The van der Waals surface area contributed by atoms with Crippen LogP contribution in [0.5, 0.6) is 0 Å². The van der Waals surface area contributed by atoms with E-state index in [0.717, 1.165) is 12.8 Å². The number of hydrogen-bond acceptors (Lipinski definition) is 5. The van der Waals surface area contributed by atoms with Gasteiger partial charge in [0.25, 0.3) is 10.0 Å². The molecule has 0 radical (unpaired) electrons. The van der Waals surface area contributed by atoms with E-state index in [-0.39, 0.29) is 21.3 Å². The molecule has 1 heterocycles. The minimum atomic E-state index is -3.91. The lowest BCUT2D eigenvalue weighted by Crippen LogP contribution is -2.27. The first-order valence-corrected chi connectivity index (χ1v) is 11.4. The molecule has 2 aromatic carbocycles. The van der Waals surface area contributed by atoms with Crippen LogP contribution in [-0.4, -0.2) is 40.0 Å². The van der Waals surface area contributed by atoms with Crippen LogP contribution in [0.1, 0.15) is 30.1 Å². The van der Waals surface area contributed by atoms with Crippen LogP contribution < -0.4 is 4.72 Å². The van der Waals surface area contributed by atoms with Crippen LogP contribution in [0.2, 0.25) is 0 Å². The summed E-state index contributed by atoms with van der Waals surface area (Å²) >= 11 is 0. The zero-order chi connectivity index (χ0) is 19.7. The van der Waals surface area contributed by atoms with E-state index >= 15 is 0 Å². The number of anilines is 1. The van der Waals surface area contributed by atoms with Crippen molar-refractivity contribution >= 4 is 31.5 Å². The second-order valence-corrected chi connectivity index (χ2v) is 9.95. The lowest BCUT2D eigenvalue weighted by molar-refractivity contribution is 0.101. The molecule has 3 rings (SSSR count). The van der Waals surface area contributed by atoms with Gasteiger partial charge in [0, 0.05) is 24.3 Å². The van der Waals surface area contributed by atoms with Gasteiger partial charge in [0.15, 0.2) is 5.78 Å². The van der Waals surface area contributed by atoms with Gasteiger partial charge in [-0.25, -0.2) is 16.8 Å². The van der Waals surface area contributed by atoms with Crippen molar-refractivity contribution in [1.29, 1.82) is 0 Å². The quantitative estimate of drug-likeness (QED) is 0.740. The van der Waals surface area contributed by atoms with Gasteiger partial charge in [-0.05, 0) is 56.2 Å². The van der Waals surface area contributed by atoms with Gasteiger partial charge >= 0.3 is 0 Å². The minimum absolute atomic E-state index is 0.0592. The Labute approximate surface area is 159 Å². The third-order valence-electron chi connectivity index (χ3n) is 4.36. The average molecular weight is 409 g/mol. The number of Topliss-reactive ketones (excluding diaryl/α,β-unsaturated/α-hetero) is 1. The van der Waals surface area contributed by atoms with Crippen molar-refractivity contribution < 1.29 is 21.6 Å². The topological polar surface area (TPSA) is 101 Å². The molecular weight excluding hydrogens is 388 g/mol. The predicted molar refractivity (Wildman–Crippen MR) is 102 cm³/mol. The van der Waals surface area contributed by atoms with Crippen molar-refractivity contribution in [1.82, 2.24) is 4.31 Å². The van der Waals surface area contributed by atoms with Gasteiger partial charge in [0.05, 0.1) is 9.79 Å². The van der Waals surface area contributed by atoms with Crippen LogP contribution in [0.15, 0.2) is 58.3 Å². The number of carbonyl (C=O) groups is 1. The lowest BCUT2D eigenvalue weighted by atomic mass is 10.1. The van der Waals surface area contributed by atoms with Gasteiger partial charge in [-0.3, -0.25) is 9.52 Å². The summed E-state index contributed by atoms with van der Waals surface area (Å²) in [5.41, 5.74) is 0.652. The normalized spacial score (nSPS) is 15.6. The molecule has 1 fully saturated rings. The van der Waals surface area contributed by atoms with Gasteiger partial charge < -0.3 is 0 Å². The zero-order valence-corrected chi connectivity index (χ0v) is 16.4. The highest BCUT2D eigenvalue weighted by Crippen LogP contribution is 2.23. The minimum Gasteiger partial charge on any atom is -0.295 e. The monoisotopic (exact) mass is 408 g/mol. The number of hydrogen-bond donors (Lipinski definition) is 1. The molecule has 1 aliphatic heterocycles. The maximum Gasteiger partial charge on any atom is 0.261 e. The molecule has 9 heteroatoms. The van der Waals surface area contributed by atoms with Crippen molar-refractivity contribution in [3.8, 4) is 0 Å². The molecule has 1 saturated heterocycles. The summed E-state index contributed by atoms with van der Waals surface area (Å²) < 4.78 is 53.9. The van der Waals surface area contributed by atoms with Crippen LogP contribution in [0.4, 0.5) is 5.69 Å². The number of benzene rings is 2. The van der Waals surface area contributed by atoms with Crippen molar-refractivity contribution in [2.24, 2.45) is 0 Å². The first kappa shape index (κ1) is 19.5. The molecule has 0 atom stereocenters. The van der Waals surface area contributed by atoms with Crippen LogP contribution in [0, 0.1) is 0 Å². The summed E-state index contributed by atoms with van der Waals surface area (Å²) in [5, 5.41) is 0. The highest BCUT2D eigenvalue weighted by molar-refractivity contribution is 7.92. The average Bonchev–Trinajstić information content (AvgIpc) is 3.17. The summed E-state index contributed by atoms with van der Waals surface area (Å²) in [7, 11) is -7.50. The highest BCUT2D eigenvalue weighted by Gasteiger charge is 2.27. The van der Waals surface area contributed by atoms with E-state index in [4.69, 9.17) is 0 Å². The Morgan fingerprint density at radius 2 is 1.52 bits per heavy atom. The number of rotatable bonds is 6. The number of nitrogens with zero attached hydrogens (tertiary/aromatic N) is 1. The van der Waals surface area contributed by atoms with Crippen molar-refractivity contribution in [2.75, 3.05) is 17.8 Å². The SMILES string of the molecule is CC(=O)c1cccc(NS(=O)(=O)c2ccc(S(=O)(=O)N3CCCC3)cc2)c1. The summed E-state index contributed by atoms with van der Waals surface area (Å²) in [4.78, 5) is 11.4. The molecular formula is C18H20N2O5S2. The lowest BCUT2D eigenvalue weighted by Gasteiger charge is -2.15. The molecule has 7 nitrogen and oxygen atoms in total. The molecule has 0 amide bonds. The van der Waals surface area contributed by atoms with E-state index in [1.54, 1.807) is 12.1 Å². The Bertz CT molecular complexity index is 1060. The largest absolute Gasteiger partial charge is 0.295 e. The van der Waals surface area contributed by atoms with E-state index in [1.807, 2.05) is 0 Å². The molecule has 2 aromatic rings. The summed E-state index contributed by atoms with van der Waals surface area (Å²) in [6.07, 6.45) is 1.66. The van der Waals surface area contributed by atoms with Crippen LogP contribution in [-0.2, 0) is 20.0 Å². The summed E-state index contributed by atoms with van der Waals surface area (Å²) in [5.74, 6) is -0.174. The highest BCUT2D eigenvalue weighted by atomic mass is 32.2. The molecule has 1 aliphatic rings. The first-order valence-electron chi connectivity index (χ1n) is 8.44. The van der Waals surface area contributed by atoms with E-state index < -0.39 is 20.0 Å². The van der Waals surface area contributed by atoms with Gasteiger partial charge in [-0.2, -0.15) is 4.31 Å². The first-order chi connectivity index (χ1) is 12.7. The van der Waals surface area contributed by atoms with E-state index in [2.05, 4.69) is 4.72 Å². The third-order valence-corrected chi connectivity index (χ3v) is 7.67. The van der Waals surface area contributed by atoms with Crippen LogP contribution in [0.3, 0.4) is 0 Å². The Kier molecular flexibility index (Phi) is 5.36.